The lowest BCUT2D eigenvalue weighted by atomic mass is 10.2. The van der Waals surface area contributed by atoms with Crippen LogP contribution in [0.2, 0.25) is 5.02 Å². The van der Waals surface area contributed by atoms with Crippen molar-refractivity contribution in [1.29, 1.82) is 0 Å². The lowest BCUT2D eigenvalue weighted by Gasteiger charge is -2.29. The van der Waals surface area contributed by atoms with E-state index in [0.29, 0.717) is 4.47 Å². The summed E-state index contributed by atoms with van der Waals surface area (Å²) in [5.74, 6) is -3.70. The summed E-state index contributed by atoms with van der Waals surface area (Å²) in [4.78, 5) is 23.5. The molecule has 0 atom stereocenters. The molecule has 9 heteroatoms. The van der Waals surface area contributed by atoms with Crippen LogP contribution in [-0.4, -0.2) is 17.7 Å². The van der Waals surface area contributed by atoms with E-state index in [1.807, 2.05) is 0 Å². The molecule has 1 aliphatic heterocycles. The van der Waals surface area contributed by atoms with Crippen LogP contribution >= 0.6 is 43.5 Å². The van der Waals surface area contributed by atoms with Crippen molar-refractivity contribution in [3.8, 4) is 0 Å². The molecule has 1 saturated heterocycles. The summed E-state index contributed by atoms with van der Waals surface area (Å²) in [5, 5.41) is 2.39. The number of benzene rings is 1. The first-order valence-electron chi connectivity index (χ1n) is 5.89. The Morgan fingerprint density at radius 3 is 2.32 bits per heavy atom. The van der Waals surface area contributed by atoms with Crippen LogP contribution < -0.4 is 5.32 Å². The van der Waals surface area contributed by atoms with E-state index in [1.54, 1.807) is 0 Å². The Bertz CT molecular complexity index is 684. The second-order valence-electron chi connectivity index (χ2n) is 4.72. The molecule has 2 rings (SSSR count). The van der Waals surface area contributed by atoms with Crippen molar-refractivity contribution in [3.63, 3.8) is 0 Å². The van der Waals surface area contributed by atoms with E-state index in [9.17, 15) is 14.0 Å². The van der Waals surface area contributed by atoms with Crippen LogP contribution in [0.25, 0.3) is 0 Å². The number of rotatable bonds is 2. The summed E-state index contributed by atoms with van der Waals surface area (Å²) in [6.45, 7) is 2.87. The normalized spacial score (nSPS) is 16.9. The number of anilines is 1. The summed E-state index contributed by atoms with van der Waals surface area (Å²) < 4.78 is 24.2. The standard InChI is InChI=1S/C13H9Br2ClFNO4/c1-13(2)21-11(19)5(12(20)22-13)4-18-10-7(15)3-6(14)9(17)8(10)16/h3-4,18H,1-2H3. The van der Waals surface area contributed by atoms with Crippen LogP contribution in [0.4, 0.5) is 10.1 Å². The average Bonchev–Trinajstić information content (AvgIpc) is 2.37. The number of hydrogen-bond donors (Lipinski definition) is 1. The molecular weight excluding hydrogens is 448 g/mol. The molecule has 0 amide bonds. The zero-order valence-electron chi connectivity index (χ0n) is 11.3. The van der Waals surface area contributed by atoms with E-state index in [1.165, 1.54) is 19.9 Å². The van der Waals surface area contributed by atoms with Gasteiger partial charge in [-0.25, -0.2) is 14.0 Å². The molecule has 1 N–H and O–H groups in total. The van der Waals surface area contributed by atoms with Crippen LogP contribution in [0.15, 0.2) is 26.8 Å². The fourth-order valence-corrected chi connectivity index (χ4v) is 3.38. The van der Waals surface area contributed by atoms with E-state index in [2.05, 4.69) is 37.2 Å². The molecule has 0 saturated carbocycles. The first-order chi connectivity index (χ1) is 10.1. The molecule has 0 aliphatic carbocycles. The van der Waals surface area contributed by atoms with Gasteiger partial charge in [0.05, 0.1) is 10.2 Å². The summed E-state index contributed by atoms with van der Waals surface area (Å²) in [5.41, 5.74) is -0.203. The van der Waals surface area contributed by atoms with Crippen molar-refractivity contribution < 1.29 is 23.5 Å². The van der Waals surface area contributed by atoms with Gasteiger partial charge in [0.15, 0.2) is 11.4 Å². The fraction of sp³-hybridized carbons (Fsp3) is 0.231. The molecule has 0 bridgehead atoms. The van der Waals surface area contributed by atoms with E-state index in [-0.39, 0.29) is 20.8 Å². The maximum atomic E-state index is 13.7. The molecule has 1 fully saturated rings. The Morgan fingerprint density at radius 1 is 1.23 bits per heavy atom. The van der Waals surface area contributed by atoms with Crippen molar-refractivity contribution >= 4 is 61.1 Å². The van der Waals surface area contributed by atoms with Crippen LogP contribution in [0, 0.1) is 5.82 Å². The van der Waals surface area contributed by atoms with Gasteiger partial charge in [0.25, 0.3) is 5.79 Å². The van der Waals surface area contributed by atoms with Crippen molar-refractivity contribution in [2.24, 2.45) is 0 Å². The Kier molecular flexibility index (Phi) is 4.84. The molecule has 0 aromatic heterocycles. The summed E-state index contributed by atoms with van der Waals surface area (Å²) in [7, 11) is 0. The van der Waals surface area contributed by atoms with Crippen LogP contribution in [0.1, 0.15) is 13.8 Å². The topological polar surface area (TPSA) is 64.6 Å². The third-order valence-electron chi connectivity index (χ3n) is 2.59. The van der Waals surface area contributed by atoms with E-state index < -0.39 is 23.5 Å². The maximum Gasteiger partial charge on any atom is 0.350 e. The third kappa shape index (κ3) is 3.44. The minimum Gasteiger partial charge on any atom is -0.419 e. The molecule has 0 unspecified atom stereocenters. The monoisotopic (exact) mass is 455 g/mol. The number of carbonyl (C=O) groups excluding carboxylic acids is 2. The molecule has 1 aromatic rings. The smallest absolute Gasteiger partial charge is 0.350 e. The molecule has 1 heterocycles. The highest BCUT2D eigenvalue weighted by atomic mass is 79.9. The highest BCUT2D eigenvalue weighted by molar-refractivity contribution is 9.11. The highest BCUT2D eigenvalue weighted by Gasteiger charge is 2.39. The highest BCUT2D eigenvalue weighted by Crippen LogP contribution is 2.37. The van der Waals surface area contributed by atoms with E-state index in [0.717, 1.165) is 6.20 Å². The Balaban J connectivity index is 2.32. The van der Waals surface area contributed by atoms with Gasteiger partial charge in [-0.3, -0.25) is 0 Å². The molecule has 5 nitrogen and oxygen atoms in total. The minimum atomic E-state index is -1.33. The molecule has 22 heavy (non-hydrogen) atoms. The van der Waals surface area contributed by atoms with Gasteiger partial charge < -0.3 is 14.8 Å². The Hall–Kier alpha value is -1.12. The SMILES string of the molecule is CC1(C)OC(=O)C(=CNc2c(Br)cc(Br)c(F)c2Cl)C(=O)O1. The van der Waals surface area contributed by atoms with Gasteiger partial charge in [0.1, 0.15) is 5.02 Å². The second kappa shape index (κ2) is 6.17. The average molecular weight is 457 g/mol. The zero-order valence-corrected chi connectivity index (χ0v) is 15.2. The Morgan fingerprint density at radius 2 is 1.77 bits per heavy atom. The predicted molar refractivity (Wildman–Crippen MR) is 84.8 cm³/mol. The Labute approximate surface area is 147 Å². The van der Waals surface area contributed by atoms with Gasteiger partial charge in [-0.2, -0.15) is 0 Å². The van der Waals surface area contributed by atoms with Crippen LogP contribution in [0.5, 0.6) is 0 Å². The fourth-order valence-electron chi connectivity index (χ4n) is 1.62. The van der Waals surface area contributed by atoms with Gasteiger partial charge in [-0.15, -0.1) is 0 Å². The first-order valence-corrected chi connectivity index (χ1v) is 7.85. The van der Waals surface area contributed by atoms with E-state index >= 15 is 0 Å². The quantitative estimate of drug-likeness (QED) is 0.238. The number of ether oxygens (including phenoxy) is 2. The van der Waals surface area contributed by atoms with Crippen molar-refractivity contribution in [3.05, 3.63) is 37.6 Å². The molecular formula is C13H9Br2ClFNO4. The molecule has 0 radical (unpaired) electrons. The number of esters is 2. The van der Waals surface area contributed by atoms with E-state index in [4.69, 9.17) is 21.1 Å². The zero-order chi connectivity index (χ0) is 16.7. The third-order valence-corrected chi connectivity index (χ3v) is 4.15. The van der Waals surface area contributed by atoms with Crippen molar-refractivity contribution in [2.75, 3.05) is 5.32 Å². The lowest BCUT2D eigenvalue weighted by Crippen LogP contribution is -2.42. The van der Waals surface area contributed by atoms with Gasteiger partial charge in [-0.05, 0) is 37.9 Å². The summed E-state index contributed by atoms with van der Waals surface area (Å²) >= 11 is 12.1. The number of halogens is 4. The largest absolute Gasteiger partial charge is 0.419 e. The maximum absolute atomic E-state index is 13.7. The summed E-state index contributed by atoms with van der Waals surface area (Å²) in [6.07, 6.45) is 1.05. The van der Waals surface area contributed by atoms with Crippen molar-refractivity contribution in [1.82, 2.24) is 0 Å². The van der Waals surface area contributed by atoms with Crippen molar-refractivity contribution in [2.45, 2.75) is 19.6 Å². The van der Waals surface area contributed by atoms with Crippen LogP contribution in [0.3, 0.4) is 0 Å². The van der Waals surface area contributed by atoms with Gasteiger partial charge in [0, 0.05) is 24.5 Å². The summed E-state index contributed by atoms with van der Waals surface area (Å²) in [6, 6.07) is 1.43. The molecule has 118 valence electrons. The lowest BCUT2D eigenvalue weighted by molar-refractivity contribution is -0.222. The number of nitrogens with one attached hydrogen (secondary N) is 1. The molecule has 1 aliphatic rings. The number of cyclic esters (lactones) is 2. The van der Waals surface area contributed by atoms with Gasteiger partial charge >= 0.3 is 11.9 Å². The minimum absolute atomic E-state index is 0.153. The van der Waals surface area contributed by atoms with Crippen LogP contribution in [-0.2, 0) is 19.1 Å². The molecule has 1 aromatic carbocycles. The predicted octanol–water partition coefficient (Wildman–Crippen LogP) is 4.14. The number of carbonyl (C=O) groups is 2. The second-order valence-corrected chi connectivity index (χ2v) is 6.81. The van der Waals surface area contributed by atoms with Gasteiger partial charge in [0.2, 0.25) is 0 Å². The van der Waals surface area contributed by atoms with Gasteiger partial charge in [-0.1, -0.05) is 11.6 Å². The number of hydrogen-bond acceptors (Lipinski definition) is 5. The first kappa shape index (κ1) is 17.2. The molecule has 0 spiro atoms.